The van der Waals surface area contributed by atoms with Crippen LogP contribution in [0, 0.1) is 11.7 Å². The van der Waals surface area contributed by atoms with E-state index in [9.17, 15) is 4.39 Å². The van der Waals surface area contributed by atoms with Crippen LogP contribution in [0.5, 0.6) is 5.75 Å². The molecule has 1 aromatic carbocycles. The lowest BCUT2D eigenvalue weighted by Crippen LogP contribution is -2.41. The summed E-state index contributed by atoms with van der Waals surface area (Å²) in [7, 11) is 1.48. The van der Waals surface area contributed by atoms with E-state index in [1.165, 1.54) is 19.6 Å². The van der Waals surface area contributed by atoms with Gasteiger partial charge in [-0.25, -0.2) is 4.39 Å². The lowest BCUT2D eigenvalue weighted by atomic mass is 9.72. The molecule has 0 amide bonds. The Morgan fingerprint density at radius 2 is 2.28 bits per heavy atom. The van der Waals surface area contributed by atoms with Crippen molar-refractivity contribution in [1.82, 2.24) is 0 Å². The van der Waals surface area contributed by atoms with Crippen LogP contribution in [0.15, 0.2) is 18.2 Å². The fourth-order valence-electron chi connectivity index (χ4n) is 3.01. The number of ether oxygens (including phenoxy) is 1. The number of hydrogen-bond acceptors (Lipinski definition) is 2. The predicted octanol–water partition coefficient (Wildman–Crippen LogP) is 3.59. The Labute approximate surface area is 108 Å². The van der Waals surface area contributed by atoms with Crippen LogP contribution in [0.4, 0.5) is 4.39 Å². The van der Waals surface area contributed by atoms with Gasteiger partial charge in [0.05, 0.1) is 7.11 Å². The summed E-state index contributed by atoms with van der Waals surface area (Å²) < 4.78 is 18.7. The lowest BCUT2D eigenvalue weighted by Gasteiger charge is -2.38. The molecule has 2 rings (SSSR count). The quantitative estimate of drug-likeness (QED) is 0.891. The van der Waals surface area contributed by atoms with Gasteiger partial charge in [-0.2, -0.15) is 0 Å². The molecule has 100 valence electrons. The first-order valence-corrected chi connectivity index (χ1v) is 6.72. The highest BCUT2D eigenvalue weighted by molar-refractivity contribution is 5.33. The van der Waals surface area contributed by atoms with Crippen LogP contribution in [0.2, 0.25) is 0 Å². The van der Waals surface area contributed by atoms with E-state index in [1.807, 2.05) is 6.07 Å². The maximum Gasteiger partial charge on any atom is 0.165 e. The Balaban J connectivity index is 2.26. The Hall–Kier alpha value is -1.09. The minimum absolute atomic E-state index is 0.283. The predicted molar refractivity (Wildman–Crippen MR) is 71.1 cm³/mol. The summed E-state index contributed by atoms with van der Waals surface area (Å²) in [6, 6.07) is 5.12. The first kappa shape index (κ1) is 13.3. The number of rotatable bonds is 3. The molecule has 0 aliphatic heterocycles. The van der Waals surface area contributed by atoms with Gasteiger partial charge in [-0.1, -0.05) is 32.3 Å². The summed E-state index contributed by atoms with van der Waals surface area (Å²) in [5.74, 6) is 0.623. The van der Waals surface area contributed by atoms with Crippen LogP contribution < -0.4 is 10.5 Å². The van der Waals surface area contributed by atoms with Crippen molar-refractivity contribution in [2.45, 2.75) is 44.6 Å². The standard InChI is InChI=1S/C15H22FNO/c1-3-11-5-4-8-15(17,10-11)12-6-7-14(18-2)13(16)9-12/h6-7,9,11H,3-5,8,10,17H2,1-2H3. The number of methoxy groups -OCH3 is 1. The second-order valence-electron chi connectivity index (χ2n) is 5.38. The van der Waals surface area contributed by atoms with Gasteiger partial charge in [-0.3, -0.25) is 0 Å². The van der Waals surface area contributed by atoms with Gasteiger partial charge in [0.1, 0.15) is 0 Å². The Bertz CT molecular complexity index is 421. The first-order chi connectivity index (χ1) is 8.59. The van der Waals surface area contributed by atoms with Gasteiger partial charge >= 0.3 is 0 Å². The minimum Gasteiger partial charge on any atom is -0.494 e. The molecule has 2 N–H and O–H groups in total. The van der Waals surface area contributed by atoms with Crippen LogP contribution >= 0.6 is 0 Å². The van der Waals surface area contributed by atoms with Crippen LogP contribution in [0.3, 0.4) is 0 Å². The summed E-state index contributed by atoms with van der Waals surface area (Å²) >= 11 is 0. The van der Waals surface area contributed by atoms with Gasteiger partial charge in [-0.15, -0.1) is 0 Å². The fourth-order valence-corrected chi connectivity index (χ4v) is 3.01. The highest BCUT2D eigenvalue weighted by Gasteiger charge is 2.34. The van der Waals surface area contributed by atoms with Crippen LogP contribution in [-0.4, -0.2) is 7.11 Å². The molecule has 2 atom stereocenters. The molecule has 0 aromatic heterocycles. The SMILES string of the molecule is CCC1CCCC(N)(c2ccc(OC)c(F)c2)C1. The highest BCUT2D eigenvalue weighted by Crippen LogP contribution is 2.40. The molecule has 1 aliphatic carbocycles. The number of benzene rings is 1. The van der Waals surface area contributed by atoms with E-state index in [4.69, 9.17) is 10.5 Å². The third-order valence-electron chi connectivity index (χ3n) is 4.19. The van der Waals surface area contributed by atoms with Crippen molar-refractivity contribution in [2.75, 3.05) is 7.11 Å². The van der Waals surface area contributed by atoms with Crippen LogP contribution in [0.25, 0.3) is 0 Å². The normalized spacial score (nSPS) is 28.1. The van der Waals surface area contributed by atoms with Crippen molar-refractivity contribution in [3.63, 3.8) is 0 Å². The van der Waals surface area contributed by atoms with Crippen LogP contribution in [-0.2, 0) is 5.54 Å². The zero-order valence-corrected chi connectivity index (χ0v) is 11.2. The van der Waals surface area contributed by atoms with Crippen molar-refractivity contribution in [3.8, 4) is 5.75 Å². The van der Waals surface area contributed by atoms with Crippen molar-refractivity contribution in [1.29, 1.82) is 0 Å². The van der Waals surface area contributed by atoms with Gasteiger partial charge in [0, 0.05) is 5.54 Å². The van der Waals surface area contributed by atoms with E-state index in [0.29, 0.717) is 5.92 Å². The van der Waals surface area contributed by atoms with Gasteiger partial charge in [0.25, 0.3) is 0 Å². The minimum atomic E-state index is -0.369. The van der Waals surface area contributed by atoms with Crippen molar-refractivity contribution in [3.05, 3.63) is 29.6 Å². The van der Waals surface area contributed by atoms with E-state index in [0.717, 1.165) is 31.2 Å². The van der Waals surface area contributed by atoms with Crippen LogP contribution in [0.1, 0.15) is 44.6 Å². The Morgan fingerprint density at radius 3 is 2.89 bits per heavy atom. The number of halogens is 1. The average molecular weight is 251 g/mol. The topological polar surface area (TPSA) is 35.2 Å². The zero-order valence-electron chi connectivity index (χ0n) is 11.2. The summed E-state index contributed by atoms with van der Waals surface area (Å²) in [6.07, 6.45) is 5.42. The van der Waals surface area contributed by atoms with Gasteiger partial charge in [0.15, 0.2) is 11.6 Å². The molecule has 1 saturated carbocycles. The maximum absolute atomic E-state index is 13.8. The molecule has 0 heterocycles. The van der Waals surface area contributed by atoms with E-state index in [-0.39, 0.29) is 17.1 Å². The second kappa shape index (κ2) is 5.27. The Kier molecular flexibility index (Phi) is 3.91. The van der Waals surface area contributed by atoms with E-state index in [1.54, 1.807) is 6.07 Å². The average Bonchev–Trinajstić information content (AvgIpc) is 2.38. The molecule has 2 nitrogen and oxygen atoms in total. The molecule has 1 fully saturated rings. The lowest BCUT2D eigenvalue weighted by molar-refractivity contribution is 0.220. The van der Waals surface area contributed by atoms with Crippen molar-refractivity contribution < 1.29 is 9.13 Å². The molecule has 1 aliphatic rings. The molecule has 3 heteroatoms. The summed E-state index contributed by atoms with van der Waals surface area (Å²) in [5, 5.41) is 0. The third kappa shape index (κ3) is 2.51. The largest absolute Gasteiger partial charge is 0.494 e. The van der Waals surface area contributed by atoms with Crippen molar-refractivity contribution >= 4 is 0 Å². The molecule has 0 spiro atoms. The third-order valence-corrected chi connectivity index (χ3v) is 4.19. The monoisotopic (exact) mass is 251 g/mol. The molecule has 0 radical (unpaired) electrons. The highest BCUT2D eigenvalue weighted by atomic mass is 19.1. The molecule has 2 unspecified atom stereocenters. The fraction of sp³-hybridized carbons (Fsp3) is 0.600. The summed E-state index contributed by atoms with van der Waals surface area (Å²) in [4.78, 5) is 0. The Morgan fingerprint density at radius 1 is 1.50 bits per heavy atom. The van der Waals surface area contributed by atoms with Crippen molar-refractivity contribution in [2.24, 2.45) is 11.7 Å². The number of hydrogen-bond donors (Lipinski definition) is 1. The van der Waals surface area contributed by atoms with E-state index in [2.05, 4.69) is 6.92 Å². The molecule has 18 heavy (non-hydrogen) atoms. The molecular formula is C15H22FNO. The van der Waals surface area contributed by atoms with E-state index < -0.39 is 0 Å². The molecule has 1 aromatic rings. The first-order valence-electron chi connectivity index (χ1n) is 6.72. The van der Waals surface area contributed by atoms with E-state index >= 15 is 0 Å². The summed E-state index contributed by atoms with van der Waals surface area (Å²) in [5.41, 5.74) is 7.03. The van der Waals surface area contributed by atoms with Gasteiger partial charge < -0.3 is 10.5 Å². The summed E-state index contributed by atoms with van der Waals surface area (Å²) in [6.45, 7) is 2.20. The second-order valence-corrected chi connectivity index (χ2v) is 5.38. The molecule has 0 bridgehead atoms. The molecule has 0 saturated heterocycles. The molecular weight excluding hydrogens is 229 g/mol. The van der Waals surface area contributed by atoms with Gasteiger partial charge in [-0.05, 0) is 36.5 Å². The number of nitrogens with two attached hydrogens (primary N) is 1. The smallest absolute Gasteiger partial charge is 0.165 e. The zero-order chi connectivity index (χ0) is 13.2. The maximum atomic E-state index is 13.8. The van der Waals surface area contributed by atoms with Gasteiger partial charge in [0.2, 0.25) is 0 Å².